The van der Waals surface area contributed by atoms with E-state index in [1.807, 2.05) is 48.1 Å². The van der Waals surface area contributed by atoms with E-state index in [4.69, 9.17) is 14.5 Å². The van der Waals surface area contributed by atoms with Gasteiger partial charge in [-0.05, 0) is 30.7 Å². The van der Waals surface area contributed by atoms with Crippen molar-refractivity contribution in [2.45, 2.75) is 13.0 Å². The molecule has 7 nitrogen and oxygen atoms in total. The molecule has 1 aliphatic rings. The highest BCUT2D eigenvalue weighted by atomic mass is 16.5. The molecule has 1 aromatic carbocycles. The highest BCUT2D eigenvalue weighted by Crippen LogP contribution is 2.31. The number of hydrogen-bond acceptors (Lipinski definition) is 6. The van der Waals surface area contributed by atoms with Crippen LogP contribution in [0.4, 0.5) is 0 Å². The minimum Gasteiger partial charge on any atom is -0.494 e. The topological polar surface area (TPSA) is 65.3 Å². The zero-order chi connectivity index (χ0) is 18.6. The third kappa shape index (κ3) is 3.56. The first-order valence-corrected chi connectivity index (χ1v) is 9.06. The molecule has 0 saturated carbocycles. The molecule has 0 unspecified atom stereocenters. The van der Waals surface area contributed by atoms with Crippen molar-refractivity contribution in [2.24, 2.45) is 0 Å². The van der Waals surface area contributed by atoms with E-state index in [1.165, 1.54) is 0 Å². The maximum Gasteiger partial charge on any atom is 0.154 e. The molecule has 27 heavy (non-hydrogen) atoms. The van der Waals surface area contributed by atoms with Gasteiger partial charge in [0.25, 0.3) is 0 Å². The minimum atomic E-state index is -0.0614. The van der Waals surface area contributed by atoms with Crippen LogP contribution in [0, 0.1) is 6.92 Å². The van der Waals surface area contributed by atoms with E-state index in [-0.39, 0.29) is 6.04 Å². The summed E-state index contributed by atoms with van der Waals surface area (Å²) in [7, 11) is 1.67. The minimum absolute atomic E-state index is 0.0614. The van der Waals surface area contributed by atoms with Gasteiger partial charge in [-0.2, -0.15) is 5.10 Å². The number of methoxy groups -OCH3 is 1. The molecule has 1 aliphatic heterocycles. The summed E-state index contributed by atoms with van der Waals surface area (Å²) in [6.45, 7) is 4.99. The Morgan fingerprint density at radius 2 is 1.93 bits per heavy atom. The van der Waals surface area contributed by atoms with Crippen LogP contribution in [0.3, 0.4) is 0 Å². The van der Waals surface area contributed by atoms with Gasteiger partial charge in [0.05, 0.1) is 26.4 Å². The van der Waals surface area contributed by atoms with Crippen LogP contribution in [0.25, 0.3) is 5.69 Å². The van der Waals surface area contributed by atoms with Gasteiger partial charge < -0.3 is 9.47 Å². The highest BCUT2D eigenvalue weighted by molar-refractivity contribution is 5.47. The van der Waals surface area contributed by atoms with Crippen LogP contribution in [0.5, 0.6) is 5.75 Å². The van der Waals surface area contributed by atoms with Gasteiger partial charge in [-0.25, -0.2) is 9.67 Å². The molecular weight excluding hydrogens is 342 g/mol. The van der Waals surface area contributed by atoms with Crippen LogP contribution >= 0.6 is 0 Å². The van der Waals surface area contributed by atoms with E-state index < -0.39 is 0 Å². The summed E-state index contributed by atoms with van der Waals surface area (Å²) in [5.41, 5.74) is 1.96. The summed E-state index contributed by atoms with van der Waals surface area (Å²) in [4.78, 5) is 11.5. The first kappa shape index (κ1) is 17.6. The largest absolute Gasteiger partial charge is 0.494 e. The van der Waals surface area contributed by atoms with Crippen molar-refractivity contribution in [3.8, 4) is 11.4 Å². The second-order valence-electron chi connectivity index (χ2n) is 6.44. The van der Waals surface area contributed by atoms with Gasteiger partial charge in [-0.1, -0.05) is 18.2 Å². The van der Waals surface area contributed by atoms with E-state index >= 15 is 0 Å². The standard InChI is InChI=1S/C20H23N5O2/c1-15-22-20(25(23-15)17-7-3-4-8-18(17)26-2)19(16-6-5-9-21-14-16)24-10-12-27-13-11-24/h3-9,14,19H,10-13H2,1-2H3/t19-/m0/s1. The second kappa shape index (κ2) is 7.85. The number of morpholine rings is 1. The van der Waals surface area contributed by atoms with Crippen LogP contribution in [0.2, 0.25) is 0 Å². The van der Waals surface area contributed by atoms with Gasteiger partial charge in [0.2, 0.25) is 0 Å². The SMILES string of the molecule is COc1ccccc1-n1nc(C)nc1[C@H](c1cccnc1)N1CCOCC1. The van der Waals surface area contributed by atoms with E-state index in [0.717, 1.165) is 41.7 Å². The number of aromatic nitrogens is 4. The Bertz CT molecular complexity index is 890. The molecule has 0 bridgehead atoms. The Hall–Kier alpha value is -2.77. The lowest BCUT2D eigenvalue weighted by atomic mass is 10.1. The number of aryl methyl sites for hydroxylation is 1. The lowest BCUT2D eigenvalue weighted by Gasteiger charge is -2.34. The fraction of sp³-hybridized carbons (Fsp3) is 0.350. The van der Waals surface area contributed by atoms with Crippen LogP contribution in [-0.4, -0.2) is 58.1 Å². The molecule has 0 aliphatic carbocycles. The second-order valence-corrected chi connectivity index (χ2v) is 6.44. The molecule has 3 aromatic rings. The average Bonchev–Trinajstić information content (AvgIpc) is 3.10. The smallest absolute Gasteiger partial charge is 0.154 e. The molecular formula is C20H23N5O2. The Morgan fingerprint density at radius 1 is 1.11 bits per heavy atom. The lowest BCUT2D eigenvalue weighted by Crippen LogP contribution is -2.40. The molecule has 3 heterocycles. The molecule has 140 valence electrons. The number of hydrogen-bond donors (Lipinski definition) is 0. The molecule has 7 heteroatoms. The first-order chi connectivity index (χ1) is 13.3. The molecule has 4 rings (SSSR count). The number of benzene rings is 1. The summed E-state index contributed by atoms with van der Waals surface area (Å²) < 4.78 is 13.0. The predicted octanol–water partition coefficient (Wildman–Crippen LogP) is 2.40. The third-order valence-corrected chi connectivity index (χ3v) is 4.71. The zero-order valence-corrected chi connectivity index (χ0v) is 15.6. The molecule has 0 radical (unpaired) electrons. The predicted molar refractivity (Wildman–Crippen MR) is 101 cm³/mol. The molecule has 0 amide bonds. The van der Waals surface area contributed by atoms with Crippen LogP contribution in [0.1, 0.15) is 23.3 Å². The zero-order valence-electron chi connectivity index (χ0n) is 15.6. The van der Waals surface area contributed by atoms with E-state index in [9.17, 15) is 0 Å². The van der Waals surface area contributed by atoms with Gasteiger partial charge in [0, 0.05) is 25.5 Å². The summed E-state index contributed by atoms with van der Waals surface area (Å²) >= 11 is 0. The van der Waals surface area contributed by atoms with Gasteiger partial charge in [-0.3, -0.25) is 9.88 Å². The Labute approximate surface area is 158 Å². The normalized spacial score (nSPS) is 16.2. The van der Waals surface area contributed by atoms with Crippen molar-refractivity contribution in [1.29, 1.82) is 0 Å². The van der Waals surface area contributed by atoms with Crippen molar-refractivity contribution in [2.75, 3.05) is 33.4 Å². The number of ether oxygens (including phenoxy) is 2. The van der Waals surface area contributed by atoms with Crippen molar-refractivity contribution in [1.82, 2.24) is 24.6 Å². The van der Waals surface area contributed by atoms with Crippen molar-refractivity contribution >= 4 is 0 Å². The fourth-order valence-corrected chi connectivity index (χ4v) is 3.49. The van der Waals surface area contributed by atoms with Crippen molar-refractivity contribution in [3.63, 3.8) is 0 Å². The first-order valence-electron chi connectivity index (χ1n) is 9.06. The van der Waals surface area contributed by atoms with Crippen LogP contribution in [0.15, 0.2) is 48.8 Å². The highest BCUT2D eigenvalue weighted by Gasteiger charge is 2.30. The van der Waals surface area contributed by atoms with E-state index in [0.29, 0.717) is 13.2 Å². The van der Waals surface area contributed by atoms with Gasteiger partial charge >= 0.3 is 0 Å². The van der Waals surface area contributed by atoms with Crippen molar-refractivity contribution < 1.29 is 9.47 Å². The Balaban J connectivity index is 1.86. The number of rotatable bonds is 5. The molecule has 0 spiro atoms. The molecule has 1 atom stereocenters. The Kier molecular flexibility index (Phi) is 5.13. The molecule has 2 aromatic heterocycles. The van der Waals surface area contributed by atoms with Crippen LogP contribution in [-0.2, 0) is 4.74 Å². The maximum absolute atomic E-state index is 5.56. The quantitative estimate of drug-likeness (QED) is 0.692. The van der Waals surface area contributed by atoms with E-state index in [2.05, 4.69) is 21.0 Å². The average molecular weight is 365 g/mol. The van der Waals surface area contributed by atoms with Crippen LogP contribution < -0.4 is 4.74 Å². The third-order valence-electron chi connectivity index (χ3n) is 4.71. The monoisotopic (exact) mass is 365 g/mol. The van der Waals surface area contributed by atoms with Gasteiger partial charge in [0.15, 0.2) is 5.82 Å². The summed E-state index contributed by atoms with van der Waals surface area (Å²) in [6.07, 6.45) is 3.69. The number of para-hydroxylation sites is 2. The number of nitrogens with zero attached hydrogens (tertiary/aromatic N) is 5. The molecule has 0 N–H and O–H groups in total. The lowest BCUT2D eigenvalue weighted by molar-refractivity contribution is 0.0220. The maximum atomic E-state index is 5.56. The van der Waals surface area contributed by atoms with Gasteiger partial charge in [-0.15, -0.1) is 0 Å². The number of pyridine rings is 1. The summed E-state index contributed by atoms with van der Waals surface area (Å²) in [6, 6.07) is 11.8. The fourth-order valence-electron chi connectivity index (χ4n) is 3.49. The Morgan fingerprint density at radius 3 is 2.67 bits per heavy atom. The van der Waals surface area contributed by atoms with Gasteiger partial charge in [0.1, 0.15) is 17.3 Å². The molecule has 1 fully saturated rings. The molecule has 1 saturated heterocycles. The van der Waals surface area contributed by atoms with Crippen molar-refractivity contribution in [3.05, 3.63) is 66.0 Å². The summed E-state index contributed by atoms with van der Waals surface area (Å²) in [5.74, 6) is 2.33. The summed E-state index contributed by atoms with van der Waals surface area (Å²) in [5, 5.41) is 4.68. The van der Waals surface area contributed by atoms with E-state index in [1.54, 1.807) is 13.3 Å².